The van der Waals surface area contributed by atoms with Crippen molar-refractivity contribution in [2.24, 2.45) is 5.73 Å². The van der Waals surface area contributed by atoms with Gasteiger partial charge >= 0.3 is 0 Å². The van der Waals surface area contributed by atoms with E-state index in [4.69, 9.17) is 5.73 Å². The molecule has 0 atom stereocenters. The van der Waals surface area contributed by atoms with Crippen molar-refractivity contribution < 1.29 is 0 Å². The molecule has 0 amide bonds. The van der Waals surface area contributed by atoms with Gasteiger partial charge in [-0.15, -0.1) is 0 Å². The molecule has 0 bridgehead atoms. The summed E-state index contributed by atoms with van der Waals surface area (Å²) in [6, 6.07) is 10.0. The Morgan fingerprint density at radius 3 is 2.67 bits per heavy atom. The maximum atomic E-state index is 5.83. The first kappa shape index (κ1) is 11.8. The number of hydrogen-bond donors (Lipinski definition) is 1. The van der Waals surface area contributed by atoms with Gasteiger partial charge in [-0.05, 0) is 25.0 Å². The van der Waals surface area contributed by atoms with E-state index in [0.717, 1.165) is 34.4 Å². The van der Waals surface area contributed by atoms with Crippen molar-refractivity contribution >= 4 is 15.9 Å². The second kappa shape index (κ2) is 4.44. The van der Waals surface area contributed by atoms with E-state index in [1.54, 1.807) is 0 Å². The van der Waals surface area contributed by atoms with Crippen LogP contribution in [0.1, 0.15) is 18.7 Å². The van der Waals surface area contributed by atoms with Gasteiger partial charge in [0.1, 0.15) is 5.82 Å². The van der Waals surface area contributed by atoms with Crippen molar-refractivity contribution in [2.45, 2.75) is 18.3 Å². The Bertz CT molecular complexity index is 579. The normalized spacial score (nSPS) is 16.6. The third-order valence-electron chi connectivity index (χ3n) is 3.52. The Balaban J connectivity index is 2.04. The Hall–Kier alpha value is -1.26. The van der Waals surface area contributed by atoms with Crippen molar-refractivity contribution in [3.8, 4) is 11.3 Å². The van der Waals surface area contributed by atoms with Crippen LogP contribution in [-0.2, 0) is 5.41 Å². The Morgan fingerprint density at radius 1 is 1.22 bits per heavy atom. The van der Waals surface area contributed by atoms with Gasteiger partial charge in [-0.2, -0.15) is 0 Å². The number of nitrogens with zero attached hydrogens (tertiary/aromatic N) is 2. The Kier molecular flexibility index (Phi) is 2.92. The average molecular weight is 304 g/mol. The van der Waals surface area contributed by atoms with Crippen LogP contribution in [0.3, 0.4) is 0 Å². The van der Waals surface area contributed by atoms with E-state index in [0.29, 0.717) is 6.54 Å². The Labute approximate surface area is 115 Å². The molecule has 18 heavy (non-hydrogen) atoms. The molecule has 0 spiro atoms. The average Bonchev–Trinajstić information content (AvgIpc) is 3.20. The highest BCUT2D eigenvalue weighted by Gasteiger charge is 2.45. The lowest BCUT2D eigenvalue weighted by Crippen LogP contribution is -2.22. The molecule has 1 aromatic heterocycles. The zero-order chi connectivity index (χ0) is 12.6. The second-order valence-corrected chi connectivity index (χ2v) is 5.58. The van der Waals surface area contributed by atoms with Gasteiger partial charge < -0.3 is 5.73 Å². The predicted molar refractivity (Wildman–Crippen MR) is 75.1 cm³/mol. The van der Waals surface area contributed by atoms with E-state index < -0.39 is 0 Å². The quantitative estimate of drug-likeness (QED) is 0.948. The molecule has 0 radical (unpaired) electrons. The largest absolute Gasteiger partial charge is 0.329 e. The fourth-order valence-corrected chi connectivity index (χ4v) is 2.59. The molecule has 3 rings (SSSR count). The molecule has 0 saturated heterocycles. The summed E-state index contributed by atoms with van der Waals surface area (Å²) < 4.78 is 1.05. The zero-order valence-corrected chi connectivity index (χ0v) is 11.5. The van der Waals surface area contributed by atoms with Crippen molar-refractivity contribution in [1.29, 1.82) is 0 Å². The molecule has 1 saturated carbocycles. The lowest BCUT2D eigenvalue weighted by molar-refractivity contribution is 0.649. The van der Waals surface area contributed by atoms with E-state index in [-0.39, 0.29) is 5.41 Å². The van der Waals surface area contributed by atoms with Crippen molar-refractivity contribution in [1.82, 2.24) is 9.97 Å². The molecule has 0 unspecified atom stereocenters. The first-order valence-corrected chi connectivity index (χ1v) is 6.83. The summed E-state index contributed by atoms with van der Waals surface area (Å²) in [6.45, 7) is 0.631. The summed E-state index contributed by atoms with van der Waals surface area (Å²) >= 11 is 3.56. The summed E-state index contributed by atoms with van der Waals surface area (Å²) in [5.41, 5.74) is 7.91. The van der Waals surface area contributed by atoms with Gasteiger partial charge in [-0.1, -0.05) is 34.1 Å². The number of rotatable bonds is 3. The van der Waals surface area contributed by atoms with E-state index in [1.165, 1.54) is 0 Å². The third-order valence-corrected chi connectivity index (χ3v) is 4.22. The first-order chi connectivity index (χ1) is 8.75. The van der Waals surface area contributed by atoms with Crippen LogP contribution in [0.5, 0.6) is 0 Å². The van der Waals surface area contributed by atoms with Crippen molar-refractivity contribution in [2.75, 3.05) is 6.54 Å². The standard InChI is InChI=1S/C14H14BrN3/c15-11-4-2-1-3-10(11)12-5-8-17-13(18-12)14(9-16)6-7-14/h1-5,8H,6-7,9,16H2. The van der Waals surface area contributed by atoms with Crippen LogP contribution in [-0.4, -0.2) is 16.5 Å². The predicted octanol–water partition coefficient (Wildman–Crippen LogP) is 2.90. The van der Waals surface area contributed by atoms with Gasteiger partial charge in [0.05, 0.1) is 5.69 Å². The van der Waals surface area contributed by atoms with Crippen LogP contribution >= 0.6 is 15.9 Å². The highest BCUT2D eigenvalue weighted by Crippen LogP contribution is 2.45. The highest BCUT2D eigenvalue weighted by molar-refractivity contribution is 9.10. The number of nitrogens with two attached hydrogens (primary N) is 1. The smallest absolute Gasteiger partial charge is 0.136 e. The molecular weight excluding hydrogens is 290 g/mol. The van der Waals surface area contributed by atoms with Crippen LogP contribution in [0.25, 0.3) is 11.3 Å². The van der Waals surface area contributed by atoms with Crippen LogP contribution in [0, 0.1) is 0 Å². The van der Waals surface area contributed by atoms with Gasteiger partial charge in [-0.3, -0.25) is 0 Å². The van der Waals surface area contributed by atoms with E-state index >= 15 is 0 Å². The second-order valence-electron chi connectivity index (χ2n) is 4.73. The molecule has 2 N–H and O–H groups in total. The highest BCUT2D eigenvalue weighted by atomic mass is 79.9. The third kappa shape index (κ3) is 1.95. The summed E-state index contributed by atoms with van der Waals surface area (Å²) in [4.78, 5) is 9.08. The lowest BCUT2D eigenvalue weighted by atomic mass is 10.1. The monoisotopic (exact) mass is 303 g/mol. The minimum absolute atomic E-state index is 0.0390. The van der Waals surface area contributed by atoms with Crippen LogP contribution < -0.4 is 5.73 Å². The molecule has 1 aliphatic carbocycles. The van der Waals surface area contributed by atoms with Gasteiger partial charge in [-0.25, -0.2) is 9.97 Å². The molecule has 4 heteroatoms. The minimum atomic E-state index is 0.0390. The van der Waals surface area contributed by atoms with E-state index in [9.17, 15) is 0 Å². The molecule has 3 nitrogen and oxygen atoms in total. The zero-order valence-electron chi connectivity index (χ0n) is 9.94. The minimum Gasteiger partial charge on any atom is -0.329 e. The number of hydrogen-bond acceptors (Lipinski definition) is 3. The van der Waals surface area contributed by atoms with Crippen molar-refractivity contribution in [3.63, 3.8) is 0 Å². The van der Waals surface area contributed by atoms with Gasteiger partial charge in [0.15, 0.2) is 0 Å². The molecule has 0 aliphatic heterocycles. The molecule has 92 valence electrons. The van der Waals surface area contributed by atoms with Gasteiger partial charge in [0, 0.05) is 28.2 Å². The Morgan fingerprint density at radius 2 is 2.00 bits per heavy atom. The maximum Gasteiger partial charge on any atom is 0.136 e. The van der Waals surface area contributed by atoms with Crippen LogP contribution in [0.4, 0.5) is 0 Å². The number of halogens is 1. The van der Waals surface area contributed by atoms with E-state index in [2.05, 4.69) is 32.0 Å². The number of benzene rings is 1. The molecular formula is C14H14BrN3. The summed E-state index contributed by atoms with van der Waals surface area (Å²) in [6.07, 6.45) is 4.03. The summed E-state index contributed by atoms with van der Waals surface area (Å²) in [5, 5.41) is 0. The molecule has 1 aliphatic rings. The van der Waals surface area contributed by atoms with E-state index in [1.807, 2.05) is 30.5 Å². The maximum absolute atomic E-state index is 5.83. The van der Waals surface area contributed by atoms with Gasteiger partial charge in [0.2, 0.25) is 0 Å². The SMILES string of the molecule is NCC1(c2nccc(-c3ccccc3Br)n2)CC1. The summed E-state index contributed by atoms with van der Waals surface area (Å²) in [5.74, 6) is 0.887. The lowest BCUT2D eigenvalue weighted by Gasteiger charge is -2.12. The fourth-order valence-electron chi connectivity index (χ4n) is 2.10. The van der Waals surface area contributed by atoms with Crippen LogP contribution in [0.15, 0.2) is 41.0 Å². The molecule has 1 fully saturated rings. The first-order valence-electron chi connectivity index (χ1n) is 6.04. The van der Waals surface area contributed by atoms with Gasteiger partial charge in [0.25, 0.3) is 0 Å². The van der Waals surface area contributed by atoms with Crippen molar-refractivity contribution in [3.05, 3.63) is 46.8 Å². The molecule has 1 aromatic carbocycles. The summed E-state index contributed by atoms with van der Waals surface area (Å²) in [7, 11) is 0. The number of aromatic nitrogens is 2. The molecule has 1 heterocycles. The van der Waals surface area contributed by atoms with Crippen LogP contribution in [0.2, 0.25) is 0 Å². The fraction of sp³-hybridized carbons (Fsp3) is 0.286. The molecule has 2 aromatic rings. The topological polar surface area (TPSA) is 51.8 Å².